The third kappa shape index (κ3) is 3.85. The molecule has 3 rings (SSSR count). The molecule has 0 saturated heterocycles. The minimum atomic E-state index is 0.689. The molecule has 2 aromatic rings. The van der Waals surface area contributed by atoms with Crippen molar-refractivity contribution in [2.45, 2.75) is 29.2 Å². The second kappa shape index (κ2) is 7.39. The first-order valence-electron chi connectivity index (χ1n) is 7.51. The van der Waals surface area contributed by atoms with Crippen molar-refractivity contribution in [2.75, 3.05) is 18.1 Å². The minimum Gasteiger partial charge on any atom is -0.313 e. The Morgan fingerprint density at radius 2 is 2.10 bits per heavy atom. The Morgan fingerprint density at radius 1 is 1.19 bits per heavy atom. The van der Waals surface area contributed by atoms with Crippen molar-refractivity contribution in [1.29, 1.82) is 0 Å². The third-order valence-corrected chi connectivity index (χ3v) is 6.14. The molecule has 21 heavy (non-hydrogen) atoms. The van der Waals surface area contributed by atoms with Crippen LogP contribution >= 0.6 is 23.5 Å². The quantitative estimate of drug-likeness (QED) is 0.771. The molecule has 0 fully saturated rings. The molecule has 1 nitrogen and oxygen atoms in total. The predicted octanol–water partition coefficient (Wildman–Crippen LogP) is 4.78. The summed E-state index contributed by atoms with van der Waals surface area (Å²) in [6, 6.07) is 17.8. The van der Waals surface area contributed by atoms with E-state index in [1.165, 1.54) is 26.9 Å². The zero-order valence-corrected chi connectivity index (χ0v) is 14.0. The summed E-state index contributed by atoms with van der Waals surface area (Å²) in [6.07, 6.45) is 0. The van der Waals surface area contributed by atoms with Crippen LogP contribution in [0.25, 0.3) is 0 Å². The van der Waals surface area contributed by atoms with E-state index in [1.54, 1.807) is 5.56 Å². The van der Waals surface area contributed by atoms with Crippen LogP contribution in [-0.2, 0) is 6.54 Å². The lowest BCUT2D eigenvalue weighted by Crippen LogP contribution is -2.11. The van der Waals surface area contributed by atoms with Crippen LogP contribution in [0.5, 0.6) is 0 Å². The van der Waals surface area contributed by atoms with E-state index in [2.05, 4.69) is 60.8 Å². The normalized spacial score (nSPS) is 16.9. The lowest BCUT2D eigenvalue weighted by Gasteiger charge is -2.11. The Labute approximate surface area is 135 Å². The van der Waals surface area contributed by atoms with Gasteiger partial charge in [-0.15, -0.1) is 23.5 Å². The number of thioether (sulfide) groups is 2. The molecule has 1 heterocycles. The Morgan fingerprint density at radius 3 is 3.00 bits per heavy atom. The van der Waals surface area contributed by atoms with Gasteiger partial charge in [0, 0.05) is 33.8 Å². The summed E-state index contributed by atoms with van der Waals surface area (Å²) < 4.78 is 0. The van der Waals surface area contributed by atoms with Crippen molar-refractivity contribution in [1.82, 2.24) is 5.32 Å². The third-order valence-electron chi connectivity index (χ3n) is 3.73. The van der Waals surface area contributed by atoms with Crippen LogP contribution in [0.4, 0.5) is 0 Å². The Hall–Kier alpha value is -0.900. The van der Waals surface area contributed by atoms with Crippen molar-refractivity contribution in [3.05, 3.63) is 59.7 Å². The van der Waals surface area contributed by atoms with E-state index < -0.39 is 0 Å². The van der Waals surface area contributed by atoms with Gasteiger partial charge in [0.1, 0.15) is 0 Å². The second-order valence-corrected chi connectivity index (χ2v) is 7.44. The molecule has 1 atom stereocenters. The van der Waals surface area contributed by atoms with E-state index in [-0.39, 0.29) is 0 Å². The summed E-state index contributed by atoms with van der Waals surface area (Å²) >= 11 is 3.99. The van der Waals surface area contributed by atoms with Crippen LogP contribution in [0.3, 0.4) is 0 Å². The molecule has 0 bridgehead atoms. The van der Waals surface area contributed by atoms with Crippen LogP contribution in [-0.4, -0.2) is 18.1 Å². The fourth-order valence-corrected chi connectivity index (χ4v) is 5.08. The maximum atomic E-state index is 3.39. The van der Waals surface area contributed by atoms with Crippen LogP contribution in [0.2, 0.25) is 0 Å². The number of fused-ring (bicyclic) bond motifs is 1. The van der Waals surface area contributed by atoms with Gasteiger partial charge in [0.2, 0.25) is 0 Å². The molecule has 0 amide bonds. The second-order valence-electron chi connectivity index (χ2n) is 5.28. The zero-order chi connectivity index (χ0) is 14.5. The number of hydrogen-bond donors (Lipinski definition) is 1. The van der Waals surface area contributed by atoms with E-state index in [0.29, 0.717) is 5.92 Å². The topological polar surface area (TPSA) is 12.0 Å². The van der Waals surface area contributed by atoms with Gasteiger partial charge in [-0.05, 0) is 35.9 Å². The summed E-state index contributed by atoms with van der Waals surface area (Å²) in [6.45, 7) is 4.13. The summed E-state index contributed by atoms with van der Waals surface area (Å²) in [5.74, 6) is 3.09. The Kier molecular flexibility index (Phi) is 5.28. The Balaban J connectivity index is 1.61. The lowest BCUT2D eigenvalue weighted by molar-refractivity contribution is 0.725. The summed E-state index contributed by atoms with van der Waals surface area (Å²) in [4.78, 5) is 2.86. The molecule has 1 N–H and O–H groups in total. The fourth-order valence-electron chi connectivity index (χ4n) is 2.58. The first kappa shape index (κ1) is 15.0. The summed E-state index contributed by atoms with van der Waals surface area (Å²) in [5, 5.41) is 3.39. The van der Waals surface area contributed by atoms with Gasteiger partial charge >= 0.3 is 0 Å². The van der Waals surface area contributed by atoms with Crippen molar-refractivity contribution >= 4 is 23.5 Å². The minimum absolute atomic E-state index is 0.689. The summed E-state index contributed by atoms with van der Waals surface area (Å²) in [5.41, 5.74) is 2.92. The molecule has 0 aromatic heterocycles. The van der Waals surface area contributed by atoms with Crippen molar-refractivity contribution < 1.29 is 0 Å². The van der Waals surface area contributed by atoms with Crippen molar-refractivity contribution in [3.63, 3.8) is 0 Å². The summed E-state index contributed by atoms with van der Waals surface area (Å²) in [7, 11) is 0. The number of benzene rings is 2. The highest BCUT2D eigenvalue weighted by Gasteiger charge is 2.22. The van der Waals surface area contributed by atoms with Gasteiger partial charge in [-0.2, -0.15) is 0 Å². The zero-order valence-electron chi connectivity index (χ0n) is 12.3. The molecule has 0 spiro atoms. The van der Waals surface area contributed by atoms with Gasteiger partial charge in [0.15, 0.2) is 0 Å². The van der Waals surface area contributed by atoms with Crippen molar-refractivity contribution in [2.24, 2.45) is 0 Å². The van der Waals surface area contributed by atoms with Gasteiger partial charge in [-0.1, -0.05) is 37.3 Å². The van der Waals surface area contributed by atoms with E-state index in [4.69, 9.17) is 0 Å². The average Bonchev–Trinajstić information content (AvgIpc) is 2.95. The first-order chi connectivity index (χ1) is 10.4. The number of rotatable bonds is 6. The molecule has 0 radical (unpaired) electrons. The van der Waals surface area contributed by atoms with E-state index in [0.717, 1.165) is 13.1 Å². The van der Waals surface area contributed by atoms with Gasteiger partial charge < -0.3 is 5.32 Å². The van der Waals surface area contributed by atoms with Crippen LogP contribution in [0, 0.1) is 0 Å². The SMILES string of the molecule is CCNCc1cccc(SCC2CSc3ccccc32)c1. The molecule has 0 saturated carbocycles. The average molecular weight is 316 g/mol. The van der Waals surface area contributed by atoms with E-state index >= 15 is 0 Å². The molecule has 2 aromatic carbocycles. The molecule has 1 unspecified atom stereocenters. The molecule has 3 heteroatoms. The highest BCUT2D eigenvalue weighted by molar-refractivity contribution is 8.00. The van der Waals surface area contributed by atoms with Crippen LogP contribution in [0.1, 0.15) is 24.0 Å². The molecule has 1 aliphatic rings. The van der Waals surface area contributed by atoms with Gasteiger partial charge in [0.25, 0.3) is 0 Å². The standard InChI is InChI=1S/C18H21NS2/c1-2-19-11-14-6-5-7-16(10-14)20-12-15-13-21-18-9-4-3-8-17(15)18/h3-10,15,19H,2,11-13H2,1H3. The van der Waals surface area contributed by atoms with Crippen LogP contribution < -0.4 is 5.32 Å². The number of nitrogens with one attached hydrogen (secondary N) is 1. The maximum absolute atomic E-state index is 3.39. The molecule has 110 valence electrons. The molecule has 0 aliphatic carbocycles. The molecular weight excluding hydrogens is 294 g/mol. The van der Waals surface area contributed by atoms with Gasteiger partial charge in [0.05, 0.1) is 0 Å². The fraction of sp³-hybridized carbons (Fsp3) is 0.333. The monoisotopic (exact) mass is 315 g/mol. The van der Waals surface area contributed by atoms with Gasteiger partial charge in [-0.25, -0.2) is 0 Å². The van der Waals surface area contributed by atoms with Crippen molar-refractivity contribution in [3.8, 4) is 0 Å². The van der Waals surface area contributed by atoms with E-state index in [9.17, 15) is 0 Å². The van der Waals surface area contributed by atoms with E-state index in [1.807, 2.05) is 23.5 Å². The molecule has 1 aliphatic heterocycles. The highest BCUT2D eigenvalue weighted by Crippen LogP contribution is 2.41. The maximum Gasteiger partial charge on any atom is 0.0205 e. The van der Waals surface area contributed by atoms with Crippen LogP contribution in [0.15, 0.2) is 58.3 Å². The Bertz CT molecular complexity index is 597. The lowest BCUT2D eigenvalue weighted by atomic mass is 10.0. The predicted molar refractivity (Wildman–Crippen MR) is 94.5 cm³/mol. The first-order valence-corrected chi connectivity index (χ1v) is 9.48. The van der Waals surface area contributed by atoms with Gasteiger partial charge in [-0.3, -0.25) is 0 Å². The smallest absolute Gasteiger partial charge is 0.0205 e. The number of hydrogen-bond acceptors (Lipinski definition) is 3. The highest BCUT2D eigenvalue weighted by atomic mass is 32.2. The largest absolute Gasteiger partial charge is 0.313 e. The molecular formula is C18H21NS2.